The van der Waals surface area contributed by atoms with Crippen LogP contribution in [-0.4, -0.2) is 35.2 Å². The minimum Gasteiger partial charge on any atom is -0.349 e. The highest BCUT2D eigenvalue weighted by atomic mass is 15.6. The summed E-state index contributed by atoms with van der Waals surface area (Å²) < 4.78 is 0. The lowest BCUT2D eigenvalue weighted by Crippen LogP contribution is -2.62. The number of para-hydroxylation sites is 2. The highest BCUT2D eigenvalue weighted by Gasteiger charge is 2.68. The molecule has 2 bridgehead atoms. The average molecular weight is 604 g/mol. The van der Waals surface area contributed by atoms with E-state index < -0.39 is 0 Å². The maximum Gasteiger partial charge on any atom is 0.162 e. The van der Waals surface area contributed by atoms with Crippen LogP contribution in [0.1, 0.15) is 42.9 Å². The SMILES string of the molecule is C=CC=C(C=C)C1=NN2c3ccc4cc3C(CC)(C4)C3(CCC2N1c1ccccc1)c1ccccc1N1c2ncncc2N(C)C13. The molecule has 0 amide bonds. The monoisotopic (exact) mass is 603 g/mol. The summed E-state index contributed by atoms with van der Waals surface area (Å²) in [6.45, 7) is 10.6. The summed E-state index contributed by atoms with van der Waals surface area (Å²) in [6, 6.07) is 26.9. The molecule has 0 fully saturated rings. The minimum atomic E-state index is -0.242. The van der Waals surface area contributed by atoms with Crippen molar-refractivity contribution in [1.29, 1.82) is 0 Å². The van der Waals surface area contributed by atoms with Crippen molar-refractivity contribution in [3.63, 3.8) is 0 Å². The summed E-state index contributed by atoms with van der Waals surface area (Å²) in [4.78, 5) is 16.7. The normalized spacial score (nSPS) is 26.7. The van der Waals surface area contributed by atoms with Crippen molar-refractivity contribution in [1.82, 2.24) is 9.97 Å². The highest BCUT2D eigenvalue weighted by Crippen LogP contribution is 2.68. The number of likely N-dealkylation sites (N-methyl/N-ethyl adjacent to an activating group) is 1. The number of hydrogen-bond acceptors (Lipinski definition) is 7. The van der Waals surface area contributed by atoms with Gasteiger partial charge in [0.25, 0.3) is 0 Å². The molecule has 46 heavy (non-hydrogen) atoms. The smallest absolute Gasteiger partial charge is 0.162 e. The summed E-state index contributed by atoms with van der Waals surface area (Å²) in [5, 5.41) is 7.75. The second-order valence-electron chi connectivity index (χ2n) is 13.1. The van der Waals surface area contributed by atoms with Gasteiger partial charge < -0.3 is 14.7 Å². The standard InChI is InChI=1S/C39H37N7/c1-5-13-27(6-2)35-42-46-32-19-18-26-22-30(32)38(7-3,23-26)39(21-20-34(46)44(35)28-14-9-8-10-15-28)29-16-11-12-17-31(29)45-36-33(24-40-25-41-36)43(4)37(39)45/h5-6,8-19,22,24-25,34,37H,1-2,7,20-21,23H2,3-4H3. The molecule has 0 N–H and O–H groups in total. The molecular weight excluding hydrogens is 566 g/mol. The third kappa shape index (κ3) is 3.20. The molecule has 7 nitrogen and oxygen atoms in total. The molecule has 1 spiro atoms. The molecule has 4 aromatic rings. The second-order valence-corrected chi connectivity index (χ2v) is 13.1. The van der Waals surface area contributed by atoms with E-state index in [0.717, 1.165) is 54.3 Å². The van der Waals surface area contributed by atoms with Crippen LogP contribution < -0.4 is 19.7 Å². The van der Waals surface area contributed by atoms with Gasteiger partial charge >= 0.3 is 0 Å². The first-order valence-corrected chi connectivity index (χ1v) is 16.3. The van der Waals surface area contributed by atoms with E-state index >= 15 is 0 Å². The molecule has 0 radical (unpaired) electrons. The summed E-state index contributed by atoms with van der Waals surface area (Å²) in [7, 11) is 2.24. The van der Waals surface area contributed by atoms with Gasteiger partial charge in [-0.05, 0) is 66.6 Å². The Morgan fingerprint density at radius 1 is 0.957 bits per heavy atom. The molecule has 3 aromatic carbocycles. The zero-order valence-corrected chi connectivity index (χ0v) is 26.3. The molecular formula is C39H37N7. The van der Waals surface area contributed by atoms with Crippen molar-refractivity contribution in [2.24, 2.45) is 5.10 Å². The van der Waals surface area contributed by atoms with Crippen LogP contribution in [0.2, 0.25) is 0 Å². The Kier molecular flexibility index (Phi) is 5.71. The van der Waals surface area contributed by atoms with Crippen molar-refractivity contribution in [2.45, 2.75) is 55.8 Å². The van der Waals surface area contributed by atoms with Crippen LogP contribution in [0, 0.1) is 0 Å². The number of benzene rings is 3. The molecule has 228 valence electrons. The second kappa shape index (κ2) is 9.66. The van der Waals surface area contributed by atoms with Gasteiger partial charge in [0.1, 0.15) is 24.3 Å². The van der Waals surface area contributed by atoms with Gasteiger partial charge in [-0.3, -0.25) is 0 Å². The van der Waals surface area contributed by atoms with Gasteiger partial charge in [0.15, 0.2) is 11.7 Å². The molecule has 7 heteroatoms. The maximum absolute atomic E-state index is 5.45. The lowest BCUT2D eigenvalue weighted by atomic mass is 9.52. The summed E-state index contributed by atoms with van der Waals surface area (Å²) in [5.74, 6) is 1.89. The third-order valence-corrected chi connectivity index (χ3v) is 11.4. The van der Waals surface area contributed by atoms with Crippen LogP contribution in [0.5, 0.6) is 0 Å². The number of nitrogens with zero attached hydrogens (tertiary/aromatic N) is 7. The number of amidine groups is 1. The third-order valence-electron chi connectivity index (χ3n) is 11.4. The first-order chi connectivity index (χ1) is 22.6. The maximum atomic E-state index is 5.45. The summed E-state index contributed by atoms with van der Waals surface area (Å²) in [5.41, 5.74) is 9.43. The van der Waals surface area contributed by atoms with E-state index in [-0.39, 0.29) is 23.2 Å². The van der Waals surface area contributed by atoms with Gasteiger partial charge in [-0.2, -0.15) is 5.10 Å². The Labute approximate surface area is 270 Å². The van der Waals surface area contributed by atoms with E-state index in [0.29, 0.717) is 0 Å². The largest absolute Gasteiger partial charge is 0.349 e. The molecule has 1 aromatic heterocycles. The molecule has 0 saturated carbocycles. The fourth-order valence-electron chi connectivity index (χ4n) is 9.66. The molecule has 9 rings (SSSR count). The van der Waals surface area contributed by atoms with Crippen LogP contribution in [-0.2, 0) is 17.3 Å². The summed E-state index contributed by atoms with van der Waals surface area (Å²) >= 11 is 0. The average Bonchev–Trinajstić information content (AvgIpc) is 3.80. The van der Waals surface area contributed by atoms with E-state index in [1.54, 1.807) is 6.33 Å². The van der Waals surface area contributed by atoms with E-state index in [1.165, 1.54) is 28.1 Å². The molecule has 0 saturated heterocycles. The topological polar surface area (TPSA) is 51.1 Å². The van der Waals surface area contributed by atoms with Crippen molar-refractivity contribution in [3.8, 4) is 0 Å². The lowest BCUT2D eigenvalue weighted by molar-refractivity contribution is 0.157. The molecule has 4 atom stereocenters. The molecule has 4 aliphatic heterocycles. The molecule has 5 heterocycles. The zero-order valence-electron chi connectivity index (χ0n) is 26.3. The van der Waals surface area contributed by atoms with E-state index in [1.807, 2.05) is 24.4 Å². The van der Waals surface area contributed by atoms with Crippen LogP contribution in [0.3, 0.4) is 0 Å². The summed E-state index contributed by atoms with van der Waals surface area (Å²) in [6.07, 6.45) is 13.3. The predicted molar refractivity (Wildman–Crippen MR) is 187 cm³/mol. The van der Waals surface area contributed by atoms with Crippen molar-refractivity contribution < 1.29 is 0 Å². The number of aromatic nitrogens is 2. The number of fused-ring (bicyclic) bond motifs is 11. The van der Waals surface area contributed by atoms with Gasteiger partial charge in [-0.15, -0.1) is 0 Å². The van der Waals surface area contributed by atoms with Gasteiger partial charge in [-0.25, -0.2) is 15.0 Å². The number of allylic oxidation sites excluding steroid dienone is 2. The Morgan fingerprint density at radius 3 is 2.59 bits per heavy atom. The van der Waals surface area contributed by atoms with Crippen molar-refractivity contribution in [3.05, 3.63) is 139 Å². The minimum absolute atomic E-state index is 0.0323. The van der Waals surface area contributed by atoms with Crippen LogP contribution in [0.25, 0.3) is 0 Å². The molecule has 5 aliphatic rings. The number of rotatable bonds is 5. The first-order valence-electron chi connectivity index (χ1n) is 16.3. The van der Waals surface area contributed by atoms with Gasteiger partial charge in [0, 0.05) is 34.8 Å². The van der Waals surface area contributed by atoms with E-state index in [4.69, 9.17) is 10.1 Å². The number of hydrazone groups is 1. The highest BCUT2D eigenvalue weighted by molar-refractivity contribution is 6.14. The van der Waals surface area contributed by atoms with Crippen LogP contribution >= 0.6 is 0 Å². The molecule has 4 unspecified atom stereocenters. The Bertz CT molecular complexity index is 1980. The fraction of sp³-hybridized carbons (Fsp3) is 0.256. The quantitative estimate of drug-likeness (QED) is 0.219. The Hall–Kier alpha value is -5.17. The van der Waals surface area contributed by atoms with Crippen molar-refractivity contribution >= 4 is 34.4 Å². The Balaban J connectivity index is 1.32. The number of anilines is 5. The number of hydrogen-bond donors (Lipinski definition) is 0. The lowest BCUT2D eigenvalue weighted by Gasteiger charge is -2.54. The van der Waals surface area contributed by atoms with Crippen LogP contribution in [0.15, 0.2) is 127 Å². The van der Waals surface area contributed by atoms with Crippen LogP contribution in [0.4, 0.5) is 28.6 Å². The molecule has 1 aliphatic carbocycles. The van der Waals surface area contributed by atoms with E-state index in [2.05, 4.69) is 125 Å². The van der Waals surface area contributed by atoms with Gasteiger partial charge in [0.05, 0.1) is 11.9 Å². The zero-order chi connectivity index (χ0) is 31.2. The first kappa shape index (κ1) is 27.2. The fourth-order valence-corrected chi connectivity index (χ4v) is 9.66. The van der Waals surface area contributed by atoms with Gasteiger partial charge in [0.2, 0.25) is 0 Å². The van der Waals surface area contributed by atoms with Gasteiger partial charge in [-0.1, -0.05) is 86.8 Å². The van der Waals surface area contributed by atoms with Crippen molar-refractivity contribution in [2.75, 3.05) is 26.8 Å². The predicted octanol–water partition coefficient (Wildman–Crippen LogP) is 7.60. The Morgan fingerprint density at radius 2 is 1.78 bits per heavy atom. The van der Waals surface area contributed by atoms with E-state index in [9.17, 15) is 0 Å².